The van der Waals surface area contributed by atoms with Gasteiger partial charge in [0.2, 0.25) is 5.95 Å². The normalized spacial score (nSPS) is 15.4. The van der Waals surface area contributed by atoms with Crippen LogP contribution in [0, 0.1) is 0 Å². The Morgan fingerprint density at radius 3 is 2.77 bits per heavy atom. The summed E-state index contributed by atoms with van der Waals surface area (Å²) in [5, 5.41) is 11.1. The fourth-order valence-corrected chi connectivity index (χ4v) is 2.86. The maximum Gasteiger partial charge on any atom is 0.221 e. The van der Waals surface area contributed by atoms with Crippen molar-refractivity contribution in [1.29, 1.82) is 0 Å². The molecular formula is C15H17N7. The van der Waals surface area contributed by atoms with Crippen molar-refractivity contribution in [3.63, 3.8) is 0 Å². The Morgan fingerprint density at radius 1 is 1.14 bits per heavy atom. The molecule has 1 aliphatic rings. The number of benzene rings is 1. The molecule has 0 bridgehead atoms. The molecule has 0 radical (unpaired) electrons. The minimum atomic E-state index is 0.279. The molecule has 0 atom stereocenters. The van der Waals surface area contributed by atoms with Crippen molar-refractivity contribution in [1.82, 2.24) is 25.5 Å². The largest absolute Gasteiger partial charge is 0.369 e. The number of hydrogen-bond acceptors (Lipinski definition) is 6. The summed E-state index contributed by atoms with van der Waals surface area (Å²) < 4.78 is 0. The number of nitrogen functional groups attached to an aromatic ring is 1. The predicted molar refractivity (Wildman–Crippen MR) is 86.6 cm³/mol. The number of aromatic amines is 1. The van der Waals surface area contributed by atoms with Crippen molar-refractivity contribution in [2.24, 2.45) is 0 Å². The number of nitrogens with two attached hydrogens (primary N) is 1. The smallest absolute Gasteiger partial charge is 0.221 e. The Morgan fingerprint density at radius 2 is 2.00 bits per heavy atom. The molecule has 22 heavy (non-hydrogen) atoms. The van der Waals surface area contributed by atoms with Gasteiger partial charge >= 0.3 is 0 Å². The van der Waals surface area contributed by atoms with E-state index in [1.54, 1.807) is 6.20 Å². The van der Waals surface area contributed by atoms with Gasteiger partial charge in [0.1, 0.15) is 0 Å². The molecule has 2 aromatic heterocycles. The first-order chi connectivity index (χ1) is 10.8. The molecule has 0 unspecified atom stereocenters. The monoisotopic (exact) mass is 295 g/mol. The number of nitrogens with zero attached hydrogens (tertiary/aromatic N) is 4. The molecule has 1 saturated heterocycles. The minimum absolute atomic E-state index is 0.279. The summed E-state index contributed by atoms with van der Waals surface area (Å²) >= 11 is 0. The van der Waals surface area contributed by atoms with Gasteiger partial charge in [0.15, 0.2) is 0 Å². The van der Waals surface area contributed by atoms with Gasteiger partial charge in [-0.25, -0.2) is 9.97 Å². The topological polar surface area (TPSA) is 95.8 Å². The van der Waals surface area contributed by atoms with Crippen LogP contribution in [0.1, 0.15) is 0 Å². The molecule has 0 aliphatic carbocycles. The number of aromatic nitrogens is 4. The van der Waals surface area contributed by atoms with Gasteiger partial charge in [0, 0.05) is 49.0 Å². The second kappa shape index (κ2) is 5.27. The number of hydrogen-bond donors (Lipinski definition) is 3. The highest BCUT2D eigenvalue weighted by atomic mass is 15.2. The van der Waals surface area contributed by atoms with Crippen LogP contribution in [0.2, 0.25) is 0 Å². The van der Waals surface area contributed by atoms with Crippen molar-refractivity contribution in [3.05, 3.63) is 30.6 Å². The quantitative estimate of drug-likeness (QED) is 0.653. The SMILES string of the molecule is Nc1nc(-c2cn[nH]c2)c2ccc(N3CCNCC3)cc2n1. The molecular weight excluding hydrogens is 278 g/mol. The molecule has 1 aromatic carbocycles. The zero-order valence-electron chi connectivity index (χ0n) is 12.1. The number of fused-ring (bicyclic) bond motifs is 1. The highest BCUT2D eigenvalue weighted by Gasteiger charge is 2.14. The summed E-state index contributed by atoms with van der Waals surface area (Å²) in [6.07, 6.45) is 3.55. The van der Waals surface area contributed by atoms with Crippen LogP contribution in [0.3, 0.4) is 0 Å². The zero-order valence-corrected chi connectivity index (χ0v) is 12.1. The fourth-order valence-electron chi connectivity index (χ4n) is 2.86. The van der Waals surface area contributed by atoms with Gasteiger partial charge in [-0.15, -0.1) is 0 Å². The van der Waals surface area contributed by atoms with E-state index in [4.69, 9.17) is 5.73 Å². The zero-order chi connectivity index (χ0) is 14.9. The molecule has 4 N–H and O–H groups in total. The second-order valence-corrected chi connectivity index (χ2v) is 5.36. The van der Waals surface area contributed by atoms with Gasteiger partial charge in [0.05, 0.1) is 17.4 Å². The Hall–Kier alpha value is -2.67. The third kappa shape index (κ3) is 2.25. The van der Waals surface area contributed by atoms with Crippen LogP contribution < -0.4 is 16.0 Å². The molecule has 1 fully saturated rings. The molecule has 112 valence electrons. The highest BCUT2D eigenvalue weighted by molar-refractivity contribution is 5.94. The molecule has 1 aliphatic heterocycles. The Balaban J connectivity index is 1.83. The molecule has 0 spiro atoms. The lowest BCUT2D eigenvalue weighted by Crippen LogP contribution is -2.43. The number of nitrogens with one attached hydrogen (secondary N) is 2. The van der Waals surface area contributed by atoms with Crippen LogP contribution in [-0.4, -0.2) is 46.3 Å². The van der Waals surface area contributed by atoms with Crippen LogP contribution in [-0.2, 0) is 0 Å². The maximum atomic E-state index is 5.88. The minimum Gasteiger partial charge on any atom is -0.369 e. The number of anilines is 2. The van der Waals surface area contributed by atoms with Gasteiger partial charge in [-0.1, -0.05) is 0 Å². The van der Waals surface area contributed by atoms with Crippen molar-refractivity contribution in [2.45, 2.75) is 0 Å². The van der Waals surface area contributed by atoms with E-state index in [1.165, 1.54) is 5.69 Å². The van der Waals surface area contributed by atoms with Crippen molar-refractivity contribution in [3.8, 4) is 11.3 Å². The van der Waals surface area contributed by atoms with Crippen molar-refractivity contribution in [2.75, 3.05) is 36.8 Å². The highest BCUT2D eigenvalue weighted by Crippen LogP contribution is 2.29. The average molecular weight is 295 g/mol. The number of H-pyrrole nitrogens is 1. The van der Waals surface area contributed by atoms with Gasteiger partial charge in [-0.2, -0.15) is 5.10 Å². The fraction of sp³-hybridized carbons (Fsp3) is 0.267. The van der Waals surface area contributed by atoms with Gasteiger partial charge in [0.25, 0.3) is 0 Å². The maximum absolute atomic E-state index is 5.88. The first-order valence-corrected chi connectivity index (χ1v) is 7.33. The lowest BCUT2D eigenvalue weighted by Gasteiger charge is -2.29. The predicted octanol–water partition coefficient (Wildman–Crippen LogP) is 1.01. The van der Waals surface area contributed by atoms with Gasteiger partial charge < -0.3 is 16.0 Å². The summed E-state index contributed by atoms with van der Waals surface area (Å²) in [6, 6.07) is 6.27. The third-order valence-electron chi connectivity index (χ3n) is 3.95. The van der Waals surface area contributed by atoms with Gasteiger partial charge in [-0.05, 0) is 18.2 Å². The van der Waals surface area contributed by atoms with E-state index in [1.807, 2.05) is 6.20 Å². The molecule has 0 saturated carbocycles. The summed E-state index contributed by atoms with van der Waals surface area (Å²) in [5.41, 5.74) is 9.63. The Labute approximate surface area is 127 Å². The van der Waals surface area contributed by atoms with Crippen LogP contribution in [0.4, 0.5) is 11.6 Å². The molecule has 0 amide bonds. The van der Waals surface area contributed by atoms with Crippen molar-refractivity contribution < 1.29 is 0 Å². The van der Waals surface area contributed by atoms with E-state index in [0.29, 0.717) is 0 Å². The van der Waals surface area contributed by atoms with E-state index < -0.39 is 0 Å². The molecule has 3 heterocycles. The van der Waals surface area contributed by atoms with Crippen molar-refractivity contribution >= 4 is 22.5 Å². The van der Waals surface area contributed by atoms with Crippen LogP contribution in [0.5, 0.6) is 0 Å². The summed E-state index contributed by atoms with van der Waals surface area (Å²) in [4.78, 5) is 11.1. The van der Waals surface area contributed by atoms with Crippen LogP contribution in [0.15, 0.2) is 30.6 Å². The lowest BCUT2D eigenvalue weighted by molar-refractivity contribution is 0.589. The van der Waals surface area contributed by atoms with Gasteiger partial charge in [-0.3, -0.25) is 5.10 Å². The third-order valence-corrected chi connectivity index (χ3v) is 3.95. The van der Waals surface area contributed by atoms with Crippen LogP contribution in [0.25, 0.3) is 22.2 Å². The first-order valence-electron chi connectivity index (χ1n) is 7.33. The van der Waals surface area contributed by atoms with Crippen LogP contribution >= 0.6 is 0 Å². The van der Waals surface area contributed by atoms with E-state index in [-0.39, 0.29) is 5.95 Å². The molecule has 7 nitrogen and oxygen atoms in total. The molecule has 4 rings (SSSR count). The van der Waals surface area contributed by atoms with E-state index in [2.05, 4.69) is 48.6 Å². The standard InChI is InChI=1S/C15H17N7/c16-15-20-13-7-11(22-5-3-17-4-6-22)1-2-12(13)14(21-15)10-8-18-19-9-10/h1-2,7-9,17H,3-6H2,(H,18,19)(H2,16,20,21). The van der Waals surface area contributed by atoms with E-state index in [9.17, 15) is 0 Å². The lowest BCUT2D eigenvalue weighted by atomic mass is 10.1. The Kier molecular flexibility index (Phi) is 3.12. The Bertz CT molecular complexity index is 791. The summed E-state index contributed by atoms with van der Waals surface area (Å²) in [6.45, 7) is 4.01. The van der Waals surface area contributed by atoms with E-state index in [0.717, 1.165) is 48.3 Å². The average Bonchev–Trinajstić information content (AvgIpc) is 3.08. The molecule has 7 heteroatoms. The number of rotatable bonds is 2. The summed E-state index contributed by atoms with van der Waals surface area (Å²) in [7, 11) is 0. The second-order valence-electron chi connectivity index (χ2n) is 5.36. The number of piperazine rings is 1. The van der Waals surface area contributed by atoms with E-state index >= 15 is 0 Å². The summed E-state index contributed by atoms with van der Waals surface area (Å²) in [5.74, 6) is 0.279. The first kappa shape index (κ1) is 13.0. The molecule has 3 aromatic rings.